The maximum atomic E-state index is 10.8. The lowest BCUT2D eigenvalue weighted by Gasteiger charge is -2.17. The molecule has 0 radical (unpaired) electrons. The van der Waals surface area contributed by atoms with Crippen LogP contribution in [0.4, 0.5) is 0 Å². The number of rotatable bonds is 4. The van der Waals surface area contributed by atoms with Crippen molar-refractivity contribution >= 4 is 65.4 Å². The van der Waals surface area contributed by atoms with Gasteiger partial charge in [0, 0.05) is 49.3 Å². The summed E-state index contributed by atoms with van der Waals surface area (Å²) in [6.07, 6.45) is 0. The van der Waals surface area contributed by atoms with Crippen LogP contribution in [0.3, 0.4) is 0 Å². The molecule has 6 nitrogen and oxygen atoms in total. The predicted molar refractivity (Wildman–Crippen MR) is 229 cm³/mol. The minimum Gasteiger partial charge on any atom is -0.309 e. The van der Waals surface area contributed by atoms with Crippen molar-refractivity contribution in [2.75, 3.05) is 0 Å². The van der Waals surface area contributed by atoms with Gasteiger partial charge in [0.25, 0.3) is 0 Å². The highest BCUT2D eigenvalue weighted by Crippen LogP contribution is 2.41. The van der Waals surface area contributed by atoms with Crippen LogP contribution in [0.25, 0.3) is 93.6 Å². The zero-order valence-corrected chi connectivity index (χ0v) is 30.3. The summed E-state index contributed by atoms with van der Waals surface area (Å²) < 4.78 is 6.65. The van der Waals surface area contributed by atoms with Gasteiger partial charge in [-0.15, -0.1) is 0 Å². The molecule has 0 amide bonds. The Bertz CT molecular complexity index is 3520. The topological polar surface area (TPSA) is 86.2 Å². The molecule has 6 heteroatoms. The van der Waals surface area contributed by atoms with Crippen LogP contribution in [0.15, 0.2) is 170 Å². The van der Waals surface area contributed by atoms with Crippen LogP contribution in [0.1, 0.15) is 16.7 Å². The average molecular weight is 725 g/mol. The predicted octanol–water partition coefficient (Wildman–Crippen LogP) is 12.3. The summed E-state index contributed by atoms with van der Waals surface area (Å²) in [6, 6.07) is 64.7. The second kappa shape index (κ2) is 12.3. The molecule has 57 heavy (non-hydrogen) atoms. The van der Waals surface area contributed by atoms with Crippen molar-refractivity contribution < 1.29 is 0 Å². The van der Waals surface area contributed by atoms with Crippen LogP contribution >= 0.6 is 0 Å². The van der Waals surface area contributed by atoms with Gasteiger partial charge in [0.15, 0.2) is 0 Å². The lowest BCUT2D eigenvalue weighted by atomic mass is 9.97. The highest BCUT2D eigenvalue weighted by molar-refractivity contribution is 6.13. The Hall–Kier alpha value is -8.37. The molecule has 3 aromatic heterocycles. The largest absolute Gasteiger partial charge is 0.309 e. The van der Waals surface area contributed by atoms with Crippen molar-refractivity contribution in [3.05, 3.63) is 187 Å². The quantitative estimate of drug-likeness (QED) is 0.181. The van der Waals surface area contributed by atoms with E-state index in [1.54, 1.807) is 0 Å². The molecular weight excluding hydrogens is 697 g/mol. The average Bonchev–Trinajstić information content (AvgIpc) is 3.91. The Morgan fingerprint density at radius 3 is 1.40 bits per heavy atom. The van der Waals surface area contributed by atoms with Gasteiger partial charge in [0.1, 0.15) is 6.07 Å². The molecule has 0 saturated carbocycles. The van der Waals surface area contributed by atoms with Crippen LogP contribution in [0.5, 0.6) is 0 Å². The number of hydrogen-bond acceptors (Lipinski definition) is 3. The first-order valence-corrected chi connectivity index (χ1v) is 18.7. The number of hydrogen-bond donors (Lipinski definition) is 0. The fourth-order valence-corrected chi connectivity index (χ4v) is 8.93. The van der Waals surface area contributed by atoms with Gasteiger partial charge in [-0.05, 0) is 90.5 Å². The molecule has 11 rings (SSSR count). The van der Waals surface area contributed by atoms with Gasteiger partial charge in [0.05, 0.1) is 67.6 Å². The van der Waals surface area contributed by atoms with E-state index in [-0.39, 0.29) is 0 Å². The molecule has 0 aliphatic carbocycles. The van der Waals surface area contributed by atoms with E-state index in [9.17, 15) is 15.8 Å². The van der Waals surface area contributed by atoms with Crippen LogP contribution < -0.4 is 0 Å². The summed E-state index contributed by atoms with van der Waals surface area (Å²) in [6.45, 7) is 0. The van der Waals surface area contributed by atoms with Crippen molar-refractivity contribution in [1.29, 1.82) is 15.8 Å². The van der Waals surface area contributed by atoms with Gasteiger partial charge < -0.3 is 13.7 Å². The Morgan fingerprint density at radius 2 is 0.842 bits per heavy atom. The fraction of sp³-hybridized carbons (Fsp3) is 0. The van der Waals surface area contributed by atoms with Gasteiger partial charge in [-0.1, -0.05) is 84.9 Å². The van der Waals surface area contributed by atoms with E-state index in [1.807, 2.05) is 72.8 Å². The zero-order chi connectivity index (χ0) is 38.2. The van der Waals surface area contributed by atoms with Crippen molar-refractivity contribution in [1.82, 2.24) is 13.7 Å². The molecule has 8 aromatic carbocycles. The Labute approximate surface area is 326 Å². The van der Waals surface area contributed by atoms with Crippen LogP contribution in [0.2, 0.25) is 0 Å². The first-order valence-electron chi connectivity index (χ1n) is 18.7. The highest BCUT2D eigenvalue weighted by atomic mass is 15.0. The number of nitrogens with zero attached hydrogens (tertiary/aromatic N) is 6. The molecule has 0 bridgehead atoms. The number of benzene rings is 8. The standard InChI is InChI=1S/C51H28N6/c52-29-32-20-22-49-43(26-32)44-28-36(55-45-16-5-1-11-39(45)40-12-2-6-17-46(40)55)21-23-50(44)57(49)51-34(31-54)10-9-15-38(51)35-24-33(30-53)25-37(27-35)56-47-18-7-3-13-41(47)42-14-4-8-19-48(42)56/h1-28H. The molecular formula is C51H28N6. The third kappa shape index (κ3) is 4.68. The second-order valence-corrected chi connectivity index (χ2v) is 14.3. The molecule has 262 valence electrons. The van der Waals surface area contributed by atoms with Crippen molar-refractivity contribution in [3.8, 4) is 46.4 Å². The molecule has 3 heterocycles. The molecule has 0 N–H and O–H groups in total. The number of fused-ring (bicyclic) bond motifs is 9. The zero-order valence-electron chi connectivity index (χ0n) is 30.3. The van der Waals surface area contributed by atoms with Gasteiger partial charge >= 0.3 is 0 Å². The maximum absolute atomic E-state index is 10.8. The molecule has 0 spiro atoms. The lowest BCUT2D eigenvalue weighted by molar-refractivity contribution is 1.15. The van der Waals surface area contributed by atoms with E-state index >= 15 is 0 Å². The van der Waals surface area contributed by atoms with Gasteiger partial charge in [-0.25, -0.2) is 0 Å². The van der Waals surface area contributed by atoms with Crippen LogP contribution in [-0.4, -0.2) is 13.7 Å². The lowest BCUT2D eigenvalue weighted by Crippen LogP contribution is -2.02. The van der Waals surface area contributed by atoms with E-state index in [1.165, 1.54) is 10.8 Å². The summed E-state index contributed by atoms with van der Waals surface area (Å²) in [5, 5.41) is 37.7. The maximum Gasteiger partial charge on any atom is 0.101 e. The molecule has 0 fully saturated rings. The van der Waals surface area contributed by atoms with E-state index in [0.29, 0.717) is 22.4 Å². The second-order valence-electron chi connectivity index (χ2n) is 14.3. The van der Waals surface area contributed by atoms with Gasteiger partial charge in [0.2, 0.25) is 0 Å². The highest BCUT2D eigenvalue weighted by Gasteiger charge is 2.22. The first kappa shape index (κ1) is 32.1. The monoisotopic (exact) mass is 724 g/mol. The molecule has 0 atom stereocenters. The van der Waals surface area contributed by atoms with Crippen molar-refractivity contribution in [2.24, 2.45) is 0 Å². The van der Waals surface area contributed by atoms with E-state index in [0.717, 1.165) is 77.1 Å². The summed E-state index contributed by atoms with van der Waals surface area (Å²) in [4.78, 5) is 0. The summed E-state index contributed by atoms with van der Waals surface area (Å²) in [5.41, 5.74) is 11.8. The van der Waals surface area contributed by atoms with Crippen LogP contribution in [-0.2, 0) is 0 Å². The first-order chi connectivity index (χ1) is 28.1. The SMILES string of the molecule is N#Cc1cc(-c2cccc(C#N)c2-n2c3ccc(C#N)cc3c3cc(-n4c5ccccc5c5ccccc54)ccc32)cc(-n2c3ccccc3c3ccccc32)c1. The third-order valence-electron chi connectivity index (χ3n) is 11.3. The Morgan fingerprint density at radius 1 is 0.333 bits per heavy atom. The molecule has 0 aliphatic rings. The van der Waals surface area contributed by atoms with Crippen molar-refractivity contribution in [3.63, 3.8) is 0 Å². The smallest absolute Gasteiger partial charge is 0.101 e. The fourth-order valence-electron chi connectivity index (χ4n) is 8.93. The Kier molecular flexibility index (Phi) is 6.95. The number of nitriles is 3. The summed E-state index contributed by atoms with van der Waals surface area (Å²) in [7, 11) is 0. The van der Waals surface area contributed by atoms with E-state index < -0.39 is 0 Å². The minimum absolute atomic E-state index is 0.489. The van der Waals surface area contributed by atoms with Gasteiger partial charge in [-0.3, -0.25) is 0 Å². The van der Waals surface area contributed by atoms with E-state index in [2.05, 4.69) is 129 Å². The third-order valence-corrected chi connectivity index (χ3v) is 11.3. The summed E-state index contributed by atoms with van der Waals surface area (Å²) in [5.74, 6) is 0. The molecule has 11 aromatic rings. The van der Waals surface area contributed by atoms with E-state index in [4.69, 9.17) is 0 Å². The molecule has 0 saturated heterocycles. The Balaban J connectivity index is 1.20. The number of aromatic nitrogens is 3. The van der Waals surface area contributed by atoms with Crippen LogP contribution in [0, 0.1) is 34.0 Å². The normalized spacial score (nSPS) is 11.5. The molecule has 0 aliphatic heterocycles. The summed E-state index contributed by atoms with van der Waals surface area (Å²) >= 11 is 0. The van der Waals surface area contributed by atoms with Crippen molar-refractivity contribution in [2.45, 2.75) is 0 Å². The minimum atomic E-state index is 0.489. The number of para-hydroxylation sites is 5. The molecule has 0 unspecified atom stereocenters. The van der Waals surface area contributed by atoms with Gasteiger partial charge in [-0.2, -0.15) is 15.8 Å².